The van der Waals surface area contributed by atoms with Crippen molar-refractivity contribution in [2.24, 2.45) is 0 Å². The van der Waals surface area contributed by atoms with Gasteiger partial charge < -0.3 is 50.7 Å². The number of hydrogen-bond acceptors (Lipinski definition) is 10. The van der Waals surface area contributed by atoms with Crippen LogP contribution >= 0.6 is 0 Å². The molecule has 1 aliphatic heterocycles. The number of terminal acetylenes is 1. The first-order valence-corrected chi connectivity index (χ1v) is 20.0. The minimum atomic E-state index is -1.62. The number of aliphatic hydroxyl groups excluding tert-OH is 6. The van der Waals surface area contributed by atoms with E-state index < -0.39 is 55.6 Å². The number of carbonyl (C=O) groups is 2. The van der Waals surface area contributed by atoms with E-state index in [1.807, 2.05) is 5.92 Å². The van der Waals surface area contributed by atoms with E-state index >= 15 is 0 Å². The number of amides is 2. The number of aliphatic hydroxyl groups is 6. The first-order chi connectivity index (χ1) is 24.7. The Morgan fingerprint density at radius 2 is 1.25 bits per heavy atom. The molecule has 12 heteroatoms. The van der Waals surface area contributed by atoms with Crippen LogP contribution in [0.5, 0.6) is 0 Å². The van der Waals surface area contributed by atoms with E-state index in [0.717, 1.165) is 77.0 Å². The second-order valence-corrected chi connectivity index (χ2v) is 14.3. The standard InChI is InChI=1S/C39H72N2O10/c1-3-5-6-7-8-9-10-11-13-16-19-22-25-31(43)35(46)30(29-50-39-38(49)37(48)36(47)32(28-42)51-39)41-34(45)26-23-20-17-14-12-15-18-21-24-27-40-33(44)4-2/h2,30-32,35-39,42-43,46-49H,3,5-29H2,1H3,(H,40,44)(H,41,45)/t30-,31+,32?,35-,36-,37-,38?,39-/m0/s1. The van der Waals surface area contributed by atoms with Crippen LogP contribution in [0.1, 0.15) is 155 Å². The molecule has 1 rings (SSSR count). The number of nitrogens with one attached hydrogen (secondary N) is 2. The van der Waals surface area contributed by atoms with Crippen molar-refractivity contribution in [3.05, 3.63) is 0 Å². The van der Waals surface area contributed by atoms with E-state index in [4.69, 9.17) is 15.9 Å². The number of carbonyl (C=O) groups excluding carboxylic acids is 2. The number of rotatable bonds is 32. The van der Waals surface area contributed by atoms with Crippen LogP contribution in [0.25, 0.3) is 0 Å². The van der Waals surface area contributed by atoms with E-state index in [1.165, 1.54) is 51.4 Å². The van der Waals surface area contributed by atoms with Gasteiger partial charge in [-0.2, -0.15) is 0 Å². The molecule has 0 spiro atoms. The van der Waals surface area contributed by atoms with Crippen molar-refractivity contribution in [2.45, 2.75) is 204 Å². The van der Waals surface area contributed by atoms with Gasteiger partial charge in [-0.15, -0.1) is 6.42 Å². The summed E-state index contributed by atoms with van der Waals surface area (Å²) in [7, 11) is 0. The summed E-state index contributed by atoms with van der Waals surface area (Å²) in [5.41, 5.74) is 0. The Hall–Kier alpha value is -1.82. The van der Waals surface area contributed by atoms with Gasteiger partial charge in [0.25, 0.3) is 5.91 Å². The van der Waals surface area contributed by atoms with Gasteiger partial charge in [-0.25, -0.2) is 0 Å². The molecule has 1 heterocycles. The average molecular weight is 729 g/mol. The molecule has 1 aliphatic rings. The van der Waals surface area contributed by atoms with Crippen LogP contribution in [0.2, 0.25) is 0 Å². The molecule has 8 N–H and O–H groups in total. The molecular formula is C39H72N2O10. The molecular weight excluding hydrogens is 656 g/mol. The van der Waals surface area contributed by atoms with Crippen LogP contribution in [0.4, 0.5) is 0 Å². The molecule has 2 unspecified atom stereocenters. The Labute approximate surface area is 307 Å². The fraction of sp³-hybridized carbons (Fsp3) is 0.897. The molecule has 298 valence electrons. The average Bonchev–Trinajstić information content (AvgIpc) is 3.13. The van der Waals surface area contributed by atoms with Crippen molar-refractivity contribution in [1.29, 1.82) is 0 Å². The molecule has 8 atom stereocenters. The van der Waals surface area contributed by atoms with E-state index in [9.17, 15) is 40.2 Å². The lowest BCUT2D eigenvalue weighted by molar-refractivity contribution is -0.303. The quantitative estimate of drug-likeness (QED) is 0.0373. The molecule has 2 amide bonds. The lowest BCUT2D eigenvalue weighted by atomic mass is 9.98. The largest absolute Gasteiger partial charge is 0.394 e. The second kappa shape index (κ2) is 30.6. The zero-order valence-electron chi connectivity index (χ0n) is 31.4. The number of ether oxygens (including phenoxy) is 2. The lowest BCUT2D eigenvalue weighted by Crippen LogP contribution is -2.60. The fourth-order valence-corrected chi connectivity index (χ4v) is 6.44. The molecule has 1 saturated heterocycles. The predicted molar refractivity (Wildman–Crippen MR) is 197 cm³/mol. The summed E-state index contributed by atoms with van der Waals surface area (Å²) in [5, 5.41) is 67.4. The van der Waals surface area contributed by atoms with E-state index in [-0.39, 0.29) is 24.8 Å². The maximum atomic E-state index is 12.9. The van der Waals surface area contributed by atoms with Gasteiger partial charge in [-0.3, -0.25) is 9.59 Å². The van der Waals surface area contributed by atoms with Gasteiger partial charge in [0, 0.05) is 13.0 Å². The van der Waals surface area contributed by atoms with Crippen molar-refractivity contribution >= 4 is 11.8 Å². The maximum absolute atomic E-state index is 12.9. The van der Waals surface area contributed by atoms with Crippen molar-refractivity contribution in [2.75, 3.05) is 19.8 Å². The summed E-state index contributed by atoms with van der Waals surface area (Å²) < 4.78 is 11.1. The van der Waals surface area contributed by atoms with Crippen molar-refractivity contribution in [3.8, 4) is 12.3 Å². The zero-order valence-corrected chi connectivity index (χ0v) is 31.4. The molecule has 0 bridgehead atoms. The van der Waals surface area contributed by atoms with Crippen molar-refractivity contribution in [3.63, 3.8) is 0 Å². The van der Waals surface area contributed by atoms with Crippen LogP contribution in [0.15, 0.2) is 0 Å². The Morgan fingerprint density at radius 1 is 0.745 bits per heavy atom. The minimum Gasteiger partial charge on any atom is -0.394 e. The minimum absolute atomic E-state index is 0.238. The van der Waals surface area contributed by atoms with Crippen LogP contribution in [0, 0.1) is 12.3 Å². The van der Waals surface area contributed by atoms with E-state index in [1.54, 1.807) is 0 Å². The van der Waals surface area contributed by atoms with Gasteiger partial charge in [0.2, 0.25) is 5.91 Å². The normalized spacial score (nSPS) is 22.2. The third-order valence-corrected chi connectivity index (χ3v) is 9.79. The Balaban J connectivity index is 2.46. The Morgan fingerprint density at radius 3 is 1.78 bits per heavy atom. The van der Waals surface area contributed by atoms with Crippen LogP contribution < -0.4 is 10.6 Å². The van der Waals surface area contributed by atoms with Gasteiger partial charge in [-0.05, 0) is 25.2 Å². The summed E-state index contributed by atoms with van der Waals surface area (Å²) in [4.78, 5) is 23.9. The molecule has 51 heavy (non-hydrogen) atoms. The highest BCUT2D eigenvalue weighted by molar-refractivity contribution is 5.92. The third kappa shape index (κ3) is 22.1. The lowest BCUT2D eigenvalue weighted by Gasteiger charge is -2.40. The molecule has 1 fully saturated rings. The molecule has 0 aromatic rings. The maximum Gasteiger partial charge on any atom is 0.295 e. The van der Waals surface area contributed by atoms with Gasteiger partial charge in [0.15, 0.2) is 6.29 Å². The predicted octanol–water partition coefficient (Wildman–Crippen LogP) is 3.75. The van der Waals surface area contributed by atoms with Crippen LogP contribution in [-0.4, -0.2) is 111 Å². The Kier molecular flexibility index (Phi) is 28.3. The topological polar surface area (TPSA) is 198 Å². The molecule has 0 aliphatic carbocycles. The molecule has 0 radical (unpaired) electrons. The summed E-state index contributed by atoms with van der Waals surface area (Å²) in [6, 6.07) is -1.02. The molecule has 0 saturated carbocycles. The summed E-state index contributed by atoms with van der Waals surface area (Å²) >= 11 is 0. The fourth-order valence-electron chi connectivity index (χ4n) is 6.44. The molecule has 0 aromatic carbocycles. The van der Waals surface area contributed by atoms with Gasteiger partial charge in [-0.1, -0.05) is 129 Å². The summed E-state index contributed by atoms with van der Waals surface area (Å²) in [6.07, 6.45) is 18.8. The summed E-state index contributed by atoms with van der Waals surface area (Å²) in [5.74, 6) is 1.36. The first kappa shape index (κ1) is 47.2. The monoisotopic (exact) mass is 729 g/mol. The van der Waals surface area contributed by atoms with Crippen LogP contribution in [0.3, 0.4) is 0 Å². The zero-order chi connectivity index (χ0) is 37.7. The molecule has 12 nitrogen and oxygen atoms in total. The van der Waals surface area contributed by atoms with Gasteiger partial charge >= 0.3 is 0 Å². The second-order valence-electron chi connectivity index (χ2n) is 14.3. The van der Waals surface area contributed by atoms with E-state index in [2.05, 4.69) is 17.6 Å². The number of unbranched alkanes of at least 4 members (excludes halogenated alkanes) is 19. The highest BCUT2D eigenvalue weighted by Gasteiger charge is 2.44. The highest BCUT2D eigenvalue weighted by Crippen LogP contribution is 2.23. The van der Waals surface area contributed by atoms with Crippen LogP contribution in [-0.2, 0) is 19.1 Å². The smallest absolute Gasteiger partial charge is 0.295 e. The van der Waals surface area contributed by atoms with Crippen molar-refractivity contribution < 1.29 is 49.7 Å². The van der Waals surface area contributed by atoms with Crippen molar-refractivity contribution in [1.82, 2.24) is 10.6 Å². The molecule has 0 aromatic heterocycles. The van der Waals surface area contributed by atoms with Gasteiger partial charge in [0.05, 0.1) is 25.4 Å². The van der Waals surface area contributed by atoms with Gasteiger partial charge in [0.1, 0.15) is 30.5 Å². The van der Waals surface area contributed by atoms with E-state index in [0.29, 0.717) is 19.4 Å². The SMILES string of the molecule is C#CC(=O)NCCCCCCCCCCCC(=O)N[C@@H](CO[C@H]1OC(CO)[C@H](O)[C@H](O)C1O)[C@H](O)[C@H](O)CCCCCCCCCCCCCC. The number of hydrogen-bond donors (Lipinski definition) is 8. The Bertz CT molecular complexity index is 917. The summed E-state index contributed by atoms with van der Waals surface area (Å²) in [6.45, 7) is 1.88. The first-order valence-electron chi connectivity index (χ1n) is 20.0. The third-order valence-electron chi connectivity index (χ3n) is 9.79. The highest BCUT2D eigenvalue weighted by atomic mass is 16.7.